The third-order valence-electron chi connectivity index (χ3n) is 5.49. The van der Waals surface area contributed by atoms with E-state index in [0.29, 0.717) is 22.0 Å². The summed E-state index contributed by atoms with van der Waals surface area (Å²) in [5, 5.41) is 5.43. The van der Waals surface area contributed by atoms with E-state index in [1.54, 1.807) is 11.3 Å². The van der Waals surface area contributed by atoms with Crippen LogP contribution in [0.3, 0.4) is 0 Å². The Morgan fingerprint density at radius 2 is 1.96 bits per heavy atom. The molecule has 0 fully saturated rings. The highest BCUT2D eigenvalue weighted by Crippen LogP contribution is 2.44. The van der Waals surface area contributed by atoms with E-state index in [1.165, 1.54) is 16.2 Å². The van der Waals surface area contributed by atoms with E-state index >= 15 is 0 Å². The van der Waals surface area contributed by atoms with Crippen LogP contribution in [0.1, 0.15) is 68.8 Å². The normalized spacial score (nSPS) is 17.0. The molecular weight excluding hydrogens is 364 g/mol. The van der Waals surface area contributed by atoms with Crippen molar-refractivity contribution < 1.29 is 9.59 Å². The maximum absolute atomic E-state index is 12.7. The summed E-state index contributed by atoms with van der Waals surface area (Å²) in [4.78, 5) is 27.1. The zero-order chi connectivity index (χ0) is 19.2. The fourth-order valence-corrected chi connectivity index (χ4v) is 5.77. The number of amides is 2. The highest BCUT2D eigenvalue weighted by Gasteiger charge is 2.33. The fourth-order valence-electron chi connectivity index (χ4n) is 3.58. The highest BCUT2D eigenvalue weighted by molar-refractivity contribution is 7.17. The Bertz CT molecular complexity index is 871. The topological polar surface area (TPSA) is 72.2 Å². The van der Waals surface area contributed by atoms with Gasteiger partial charge < -0.3 is 11.1 Å². The molecule has 6 heteroatoms. The number of anilines is 1. The van der Waals surface area contributed by atoms with Gasteiger partial charge in [-0.2, -0.15) is 0 Å². The molecule has 3 rings (SSSR count). The number of aryl methyl sites for hydroxylation is 1. The summed E-state index contributed by atoms with van der Waals surface area (Å²) < 4.78 is 0. The Labute approximate surface area is 162 Å². The van der Waals surface area contributed by atoms with Gasteiger partial charge in [-0.1, -0.05) is 20.8 Å². The number of carbonyl (C=O) groups excluding carboxylic acids is 2. The molecule has 2 aromatic heterocycles. The molecule has 1 aliphatic carbocycles. The molecule has 1 atom stereocenters. The van der Waals surface area contributed by atoms with Gasteiger partial charge >= 0.3 is 0 Å². The van der Waals surface area contributed by atoms with Crippen molar-refractivity contribution in [3.05, 3.63) is 37.4 Å². The largest absolute Gasteiger partial charge is 0.365 e. The zero-order valence-electron chi connectivity index (χ0n) is 16.0. The predicted octanol–water partition coefficient (Wildman–Crippen LogP) is 4.93. The molecule has 3 N–H and O–H groups in total. The monoisotopic (exact) mass is 390 g/mol. The number of thiophene rings is 2. The van der Waals surface area contributed by atoms with Gasteiger partial charge in [0.2, 0.25) is 0 Å². The summed E-state index contributed by atoms with van der Waals surface area (Å²) in [5.74, 6) is -0.0507. The van der Waals surface area contributed by atoms with Gasteiger partial charge in [-0.05, 0) is 55.6 Å². The molecule has 0 aliphatic heterocycles. The van der Waals surface area contributed by atoms with Crippen LogP contribution in [0.2, 0.25) is 0 Å². The summed E-state index contributed by atoms with van der Waals surface area (Å²) in [7, 11) is 0. The van der Waals surface area contributed by atoms with Crippen LogP contribution in [0.4, 0.5) is 5.00 Å². The fraction of sp³-hybridized carbons (Fsp3) is 0.500. The first-order valence-electron chi connectivity index (χ1n) is 8.90. The number of hydrogen-bond acceptors (Lipinski definition) is 4. The first kappa shape index (κ1) is 19.1. The molecule has 2 aromatic rings. The number of carbonyl (C=O) groups is 2. The van der Waals surface area contributed by atoms with Gasteiger partial charge in [-0.25, -0.2) is 0 Å². The van der Waals surface area contributed by atoms with Crippen molar-refractivity contribution in [1.29, 1.82) is 0 Å². The lowest BCUT2D eigenvalue weighted by Crippen LogP contribution is -2.27. The molecule has 2 amide bonds. The second-order valence-corrected chi connectivity index (χ2v) is 10.4. The van der Waals surface area contributed by atoms with E-state index < -0.39 is 5.91 Å². The summed E-state index contributed by atoms with van der Waals surface area (Å²) in [6.07, 6.45) is 2.83. The second kappa shape index (κ2) is 6.82. The lowest BCUT2D eigenvalue weighted by molar-refractivity contribution is 0.1000. The average Bonchev–Trinajstić information content (AvgIpc) is 3.06. The van der Waals surface area contributed by atoms with E-state index in [1.807, 2.05) is 19.2 Å². The van der Waals surface area contributed by atoms with Crippen LogP contribution in [-0.4, -0.2) is 11.8 Å². The average molecular weight is 391 g/mol. The molecule has 1 aliphatic rings. The Morgan fingerprint density at radius 1 is 1.27 bits per heavy atom. The van der Waals surface area contributed by atoms with E-state index in [0.717, 1.165) is 35.3 Å². The minimum atomic E-state index is -0.453. The van der Waals surface area contributed by atoms with Crippen LogP contribution >= 0.6 is 22.7 Å². The maximum atomic E-state index is 12.7. The first-order valence-corrected chi connectivity index (χ1v) is 10.6. The number of rotatable bonds is 3. The molecule has 0 saturated carbocycles. The quantitative estimate of drug-likeness (QED) is 0.780. The van der Waals surface area contributed by atoms with Crippen LogP contribution in [0.25, 0.3) is 0 Å². The lowest BCUT2D eigenvalue weighted by Gasteiger charge is -2.33. The summed E-state index contributed by atoms with van der Waals surface area (Å²) >= 11 is 3.08. The smallest absolute Gasteiger partial charge is 0.257 e. The molecule has 0 bridgehead atoms. The van der Waals surface area contributed by atoms with Crippen molar-refractivity contribution in [2.75, 3.05) is 5.32 Å². The minimum absolute atomic E-state index is 0.166. The summed E-state index contributed by atoms with van der Waals surface area (Å²) in [6.45, 7) is 10.7. The first-order chi connectivity index (χ1) is 12.1. The molecule has 0 spiro atoms. The Kier molecular flexibility index (Phi) is 5.01. The number of nitrogens with one attached hydrogen (secondary N) is 1. The van der Waals surface area contributed by atoms with E-state index in [4.69, 9.17) is 5.73 Å². The van der Waals surface area contributed by atoms with Gasteiger partial charge in [0, 0.05) is 15.1 Å². The van der Waals surface area contributed by atoms with E-state index in [-0.39, 0.29) is 11.3 Å². The van der Waals surface area contributed by atoms with Gasteiger partial charge in [0.25, 0.3) is 11.8 Å². The van der Waals surface area contributed by atoms with Crippen molar-refractivity contribution in [3.8, 4) is 0 Å². The third kappa shape index (κ3) is 3.45. The minimum Gasteiger partial charge on any atom is -0.365 e. The number of nitrogens with two attached hydrogens (primary N) is 1. The number of primary amides is 1. The Balaban J connectivity index is 1.93. The molecule has 0 radical (unpaired) electrons. The van der Waals surface area contributed by atoms with Gasteiger partial charge in [0.15, 0.2) is 0 Å². The molecule has 26 heavy (non-hydrogen) atoms. The Morgan fingerprint density at radius 3 is 2.50 bits per heavy atom. The van der Waals surface area contributed by atoms with Crippen molar-refractivity contribution in [2.45, 2.75) is 53.9 Å². The molecule has 2 heterocycles. The molecule has 140 valence electrons. The number of fused-ring (bicyclic) bond motifs is 1. The van der Waals surface area contributed by atoms with Crippen molar-refractivity contribution in [2.24, 2.45) is 17.1 Å². The van der Waals surface area contributed by atoms with E-state index in [2.05, 4.69) is 26.1 Å². The van der Waals surface area contributed by atoms with Crippen LogP contribution in [0.15, 0.2) is 5.38 Å². The van der Waals surface area contributed by atoms with Gasteiger partial charge in [-0.15, -0.1) is 22.7 Å². The second-order valence-electron chi connectivity index (χ2n) is 8.16. The Hall–Kier alpha value is -1.66. The zero-order valence-corrected chi connectivity index (χ0v) is 17.6. The van der Waals surface area contributed by atoms with Crippen molar-refractivity contribution >= 4 is 39.5 Å². The maximum Gasteiger partial charge on any atom is 0.257 e. The standard InChI is InChI=1S/C20H26N2O2S2/c1-10-11(2)25-9-14(10)18(24)22-19-16(17(21)23)13-7-6-12(20(3,4)5)8-15(13)26-19/h9,12H,6-8H2,1-5H3,(H2,21,23)(H,22,24). The molecule has 1 unspecified atom stereocenters. The van der Waals surface area contributed by atoms with Gasteiger partial charge in [-0.3, -0.25) is 9.59 Å². The lowest BCUT2D eigenvalue weighted by atomic mass is 9.72. The molecule has 0 aromatic carbocycles. The molecular formula is C20H26N2O2S2. The highest BCUT2D eigenvalue weighted by atomic mass is 32.1. The van der Waals surface area contributed by atoms with Gasteiger partial charge in [0.1, 0.15) is 5.00 Å². The van der Waals surface area contributed by atoms with Crippen molar-refractivity contribution in [1.82, 2.24) is 0 Å². The van der Waals surface area contributed by atoms with Gasteiger partial charge in [0.05, 0.1) is 11.1 Å². The third-order valence-corrected chi connectivity index (χ3v) is 7.68. The molecule has 0 saturated heterocycles. The summed E-state index contributed by atoms with van der Waals surface area (Å²) in [5.41, 5.74) is 9.10. The predicted molar refractivity (Wildman–Crippen MR) is 110 cm³/mol. The van der Waals surface area contributed by atoms with E-state index in [9.17, 15) is 9.59 Å². The van der Waals surface area contributed by atoms with Crippen LogP contribution < -0.4 is 11.1 Å². The van der Waals surface area contributed by atoms with Crippen LogP contribution in [0, 0.1) is 25.2 Å². The van der Waals surface area contributed by atoms with Crippen LogP contribution in [0.5, 0.6) is 0 Å². The van der Waals surface area contributed by atoms with Crippen molar-refractivity contribution in [3.63, 3.8) is 0 Å². The SMILES string of the molecule is Cc1scc(C(=O)Nc2sc3c(c2C(N)=O)CCC(C(C)(C)C)C3)c1C. The van der Waals surface area contributed by atoms with Crippen LogP contribution in [-0.2, 0) is 12.8 Å². The molecule has 4 nitrogen and oxygen atoms in total. The number of hydrogen-bond donors (Lipinski definition) is 2. The summed E-state index contributed by atoms with van der Waals surface area (Å²) in [6, 6.07) is 0.